The van der Waals surface area contributed by atoms with Crippen LogP contribution in [0.3, 0.4) is 0 Å². The normalized spacial score (nSPS) is 13.8. The number of sulfonamides is 1. The summed E-state index contributed by atoms with van der Waals surface area (Å²) in [7, 11) is -4.08. The molecule has 0 radical (unpaired) electrons. The molecule has 0 bridgehead atoms. The Balaban J connectivity index is 1.80. The van der Waals surface area contributed by atoms with Gasteiger partial charge in [-0.25, -0.2) is 8.42 Å². The van der Waals surface area contributed by atoms with Gasteiger partial charge in [0.1, 0.15) is 17.3 Å². The first kappa shape index (κ1) is 26.5. The lowest BCUT2D eigenvalue weighted by molar-refractivity contribution is -0.116. The summed E-state index contributed by atoms with van der Waals surface area (Å²) >= 11 is 0. The van der Waals surface area contributed by atoms with Crippen molar-refractivity contribution in [2.75, 3.05) is 48.8 Å². The average Bonchev–Trinajstić information content (AvgIpc) is 2.82. The molecular weight excluding hydrogens is 470 g/mol. The van der Waals surface area contributed by atoms with Crippen LogP contribution in [0, 0.1) is 12.3 Å². The van der Waals surface area contributed by atoms with Crippen LogP contribution in [-0.4, -0.2) is 68.3 Å². The Morgan fingerprint density at radius 2 is 2.06 bits per heavy atom. The summed E-state index contributed by atoms with van der Waals surface area (Å²) < 4.78 is 33.4. The first-order valence-electron chi connectivity index (χ1n) is 11.3. The average molecular weight is 504 g/mol. The monoisotopic (exact) mass is 503 g/mol. The topological polar surface area (TPSA) is 149 Å². The number of amides is 1. The van der Waals surface area contributed by atoms with Crippen LogP contribution in [0.2, 0.25) is 0 Å². The summed E-state index contributed by atoms with van der Waals surface area (Å²) in [6.07, 6.45) is 1.01. The third kappa shape index (κ3) is 5.42. The number of carbonyl (C=O) groups is 1. The number of anilines is 3. The first-order chi connectivity index (χ1) is 16.4. The minimum atomic E-state index is -4.08. The first-order valence-corrected chi connectivity index (χ1v) is 12.7. The van der Waals surface area contributed by atoms with E-state index in [-0.39, 0.29) is 23.7 Å². The number of fused-ring (bicyclic) bond motifs is 1. The van der Waals surface area contributed by atoms with E-state index in [0.29, 0.717) is 35.7 Å². The maximum absolute atomic E-state index is 13.3. The second kappa shape index (κ2) is 10.2. The van der Waals surface area contributed by atoms with E-state index >= 15 is 0 Å². The Morgan fingerprint density at radius 3 is 2.69 bits per heavy atom. The molecule has 1 aliphatic heterocycles. The Labute approximate surface area is 206 Å². The van der Waals surface area contributed by atoms with Gasteiger partial charge in [-0.15, -0.1) is 0 Å². The zero-order valence-corrected chi connectivity index (χ0v) is 21.3. The number of nitrogen functional groups attached to an aromatic ring is 1. The maximum Gasteiger partial charge on any atom is 0.245 e. The van der Waals surface area contributed by atoms with Crippen molar-refractivity contribution in [3.63, 3.8) is 0 Å². The van der Waals surface area contributed by atoms with Crippen LogP contribution >= 0.6 is 0 Å². The number of ether oxygens (including phenoxy) is 1. The number of nitrogens with one attached hydrogen (secondary N) is 2. The Hall–Kier alpha value is -3.15. The van der Waals surface area contributed by atoms with E-state index in [1.807, 2.05) is 19.9 Å². The van der Waals surface area contributed by atoms with Crippen molar-refractivity contribution in [3.05, 3.63) is 41.5 Å². The van der Waals surface area contributed by atoms with Crippen LogP contribution in [-0.2, 0) is 14.8 Å². The van der Waals surface area contributed by atoms with Gasteiger partial charge in [0.2, 0.25) is 15.9 Å². The molecule has 0 fully saturated rings. The largest absolute Gasteiger partial charge is 0.489 e. The van der Waals surface area contributed by atoms with Crippen molar-refractivity contribution >= 4 is 39.2 Å². The lowest BCUT2D eigenvalue weighted by Crippen LogP contribution is -2.50. The summed E-state index contributed by atoms with van der Waals surface area (Å²) in [5, 5.41) is 20.0. The number of hydrogen-bond acceptors (Lipinski definition) is 8. The molecule has 0 unspecified atom stereocenters. The molecule has 1 aliphatic rings. The molecule has 35 heavy (non-hydrogen) atoms. The van der Waals surface area contributed by atoms with Crippen LogP contribution in [0.5, 0.6) is 5.75 Å². The molecule has 0 atom stereocenters. The molecule has 11 heteroatoms. The summed E-state index contributed by atoms with van der Waals surface area (Å²) in [5.41, 5.74) is 7.74. The van der Waals surface area contributed by atoms with Gasteiger partial charge in [-0.3, -0.25) is 4.79 Å². The number of likely N-dealkylation sites (N-methyl/N-ethyl adjacent to an activating group) is 1. The maximum atomic E-state index is 13.3. The zero-order chi connectivity index (χ0) is 26.0. The van der Waals surface area contributed by atoms with Gasteiger partial charge in [-0.1, -0.05) is 6.92 Å². The van der Waals surface area contributed by atoms with Gasteiger partial charge in [-0.2, -0.15) is 4.31 Å². The lowest BCUT2D eigenvalue weighted by atomic mass is 10.0. The van der Waals surface area contributed by atoms with Gasteiger partial charge < -0.3 is 31.2 Å². The predicted molar refractivity (Wildman–Crippen MR) is 137 cm³/mol. The van der Waals surface area contributed by atoms with Crippen LogP contribution in [0.15, 0.2) is 35.2 Å². The van der Waals surface area contributed by atoms with E-state index < -0.39 is 28.0 Å². The van der Waals surface area contributed by atoms with Crippen molar-refractivity contribution in [2.45, 2.75) is 38.1 Å². The number of nitrogens with zero attached hydrogens (tertiary/aromatic N) is 2. The van der Waals surface area contributed by atoms with Gasteiger partial charge in [0.05, 0.1) is 36.6 Å². The third-order valence-corrected chi connectivity index (χ3v) is 7.95. The Kier molecular flexibility index (Phi) is 7.73. The number of carbonyl (C=O) groups excluding carboxylic acids is 1. The van der Waals surface area contributed by atoms with Crippen LogP contribution in [0.25, 0.3) is 0 Å². The molecule has 0 saturated heterocycles. The van der Waals surface area contributed by atoms with Crippen molar-refractivity contribution in [3.8, 4) is 5.75 Å². The molecule has 5 N–H and O–H groups in total. The fourth-order valence-corrected chi connectivity index (χ4v) is 5.64. The Morgan fingerprint density at radius 1 is 1.34 bits per heavy atom. The number of hydrogen-bond donors (Lipinski definition) is 4. The standard InChI is InChI=1S/C24H33N5O5S/c1-5-28(35(32,33)21-11-16(2)10-17(13-25)23(21)26)14-22(31)27-18-6-7-19-20(12-18)34-9-8-29(19)24(3,4)15-30/h6-7,10-13,25,30H,5,8-9,14-15,26H2,1-4H3,(H,27,31). The van der Waals surface area contributed by atoms with Gasteiger partial charge >= 0.3 is 0 Å². The van der Waals surface area contributed by atoms with Crippen LogP contribution < -0.4 is 20.7 Å². The highest BCUT2D eigenvalue weighted by atomic mass is 32.2. The van der Waals surface area contributed by atoms with Crippen molar-refractivity contribution in [1.82, 2.24) is 4.31 Å². The highest BCUT2D eigenvalue weighted by Gasteiger charge is 2.31. The highest BCUT2D eigenvalue weighted by molar-refractivity contribution is 7.89. The Bertz CT molecular complexity index is 1230. The molecule has 0 spiro atoms. The fraction of sp³-hybridized carbons (Fsp3) is 0.417. The molecule has 0 saturated carbocycles. The number of aryl methyl sites for hydroxylation is 1. The number of aliphatic hydroxyl groups is 1. The molecule has 2 aromatic rings. The number of aliphatic hydroxyl groups excluding tert-OH is 1. The smallest absolute Gasteiger partial charge is 0.245 e. The molecule has 1 heterocycles. The van der Waals surface area contributed by atoms with E-state index in [1.54, 1.807) is 32.0 Å². The van der Waals surface area contributed by atoms with E-state index in [9.17, 15) is 18.3 Å². The molecule has 10 nitrogen and oxygen atoms in total. The molecule has 190 valence electrons. The van der Waals surface area contributed by atoms with Gasteiger partial charge in [0, 0.05) is 30.1 Å². The zero-order valence-electron chi connectivity index (χ0n) is 20.5. The second-order valence-corrected chi connectivity index (χ2v) is 10.9. The van der Waals surface area contributed by atoms with E-state index in [4.69, 9.17) is 15.9 Å². The van der Waals surface area contributed by atoms with Gasteiger partial charge in [-0.05, 0) is 50.6 Å². The molecule has 2 aromatic carbocycles. The number of benzene rings is 2. The molecule has 0 aliphatic carbocycles. The highest BCUT2D eigenvalue weighted by Crippen LogP contribution is 2.37. The van der Waals surface area contributed by atoms with E-state index in [2.05, 4.69) is 10.2 Å². The molecule has 1 amide bonds. The SMILES string of the molecule is CCN(CC(=O)Nc1ccc2c(c1)OCCN2C(C)(C)CO)S(=O)(=O)c1cc(C)cc(C=N)c1N. The van der Waals surface area contributed by atoms with Crippen LogP contribution in [0.1, 0.15) is 31.9 Å². The summed E-state index contributed by atoms with van der Waals surface area (Å²) in [4.78, 5) is 14.7. The minimum absolute atomic E-state index is 0.0216. The number of nitrogens with two attached hydrogens (primary N) is 1. The van der Waals surface area contributed by atoms with Crippen molar-refractivity contribution in [1.29, 1.82) is 5.41 Å². The third-order valence-electron chi connectivity index (χ3n) is 5.99. The number of rotatable bonds is 9. The predicted octanol–water partition coefficient (Wildman–Crippen LogP) is 2.19. The molecular formula is C24H33N5O5S. The molecule has 3 rings (SSSR count). The summed E-state index contributed by atoms with van der Waals surface area (Å²) in [5.74, 6) is 0.0551. The van der Waals surface area contributed by atoms with Crippen LogP contribution in [0.4, 0.5) is 17.1 Å². The van der Waals surface area contributed by atoms with Crippen molar-refractivity contribution < 1.29 is 23.1 Å². The lowest BCUT2D eigenvalue weighted by Gasteiger charge is -2.42. The molecule has 0 aromatic heterocycles. The minimum Gasteiger partial charge on any atom is -0.489 e. The van der Waals surface area contributed by atoms with Gasteiger partial charge in [0.25, 0.3) is 0 Å². The summed E-state index contributed by atoms with van der Waals surface area (Å²) in [6.45, 7) is 7.90. The van der Waals surface area contributed by atoms with Gasteiger partial charge in [0.15, 0.2) is 0 Å². The fourth-order valence-electron chi connectivity index (χ4n) is 4.00. The van der Waals surface area contributed by atoms with E-state index in [0.717, 1.165) is 16.2 Å². The second-order valence-electron chi connectivity index (χ2n) is 9.04. The van der Waals surface area contributed by atoms with E-state index in [1.165, 1.54) is 6.07 Å². The quantitative estimate of drug-likeness (QED) is 0.303. The van der Waals surface area contributed by atoms with Crippen molar-refractivity contribution in [2.24, 2.45) is 0 Å². The summed E-state index contributed by atoms with van der Waals surface area (Å²) in [6, 6.07) is 8.28.